The number of Topliss-reactive ketones (excluding diaryl/α,β-unsaturated/α-hetero) is 1. The largest absolute Gasteiger partial charge is 0.358 e. The summed E-state index contributed by atoms with van der Waals surface area (Å²) < 4.78 is 0.785. The van der Waals surface area contributed by atoms with Crippen LogP contribution in [-0.4, -0.2) is 27.3 Å². The van der Waals surface area contributed by atoms with Gasteiger partial charge in [0.15, 0.2) is 10.1 Å². The monoisotopic (exact) mass is 341 g/mol. The first-order valence-electron chi connectivity index (χ1n) is 6.52. The maximum Gasteiger partial charge on any atom is 0.206 e. The number of aromatic nitrogens is 2. The molecule has 7 heteroatoms. The summed E-state index contributed by atoms with van der Waals surface area (Å²) in [6, 6.07) is 7.24. The summed E-state index contributed by atoms with van der Waals surface area (Å²) in [6.07, 6.45) is 0. The Hall–Kier alpha value is -1.11. The van der Waals surface area contributed by atoms with E-state index in [2.05, 4.69) is 15.5 Å². The lowest BCUT2D eigenvalue weighted by atomic mass is 10.1. The van der Waals surface area contributed by atoms with Gasteiger partial charge in [0.2, 0.25) is 5.13 Å². The van der Waals surface area contributed by atoms with Crippen molar-refractivity contribution < 1.29 is 4.79 Å². The fraction of sp³-hybridized carbons (Fsp3) is 0.357. The molecule has 0 amide bonds. The molecule has 1 N–H and O–H groups in total. The van der Waals surface area contributed by atoms with Gasteiger partial charge in [-0.15, -0.1) is 10.2 Å². The van der Waals surface area contributed by atoms with E-state index in [0.29, 0.717) is 16.6 Å². The number of benzene rings is 1. The first-order valence-corrected chi connectivity index (χ1v) is 8.59. The van der Waals surface area contributed by atoms with Gasteiger partial charge in [-0.25, -0.2) is 0 Å². The number of hydrogen-bond donors (Lipinski definition) is 1. The smallest absolute Gasteiger partial charge is 0.206 e. The number of hydrogen-bond acceptors (Lipinski definition) is 6. The normalized spacial score (nSPS) is 12.4. The molecule has 0 aliphatic rings. The number of rotatable bonds is 6. The molecule has 0 bridgehead atoms. The van der Waals surface area contributed by atoms with E-state index in [4.69, 9.17) is 11.6 Å². The second-order valence-corrected chi connectivity index (χ2v) is 7.81. The third-order valence-electron chi connectivity index (χ3n) is 2.59. The summed E-state index contributed by atoms with van der Waals surface area (Å²) in [5.41, 5.74) is 0.657. The highest BCUT2D eigenvalue weighted by atomic mass is 35.5. The van der Waals surface area contributed by atoms with Crippen LogP contribution in [0.3, 0.4) is 0 Å². The zero-order chi connectivity index (χ0) is 15.4. The zero-order valence-electron chi connectivity index (χ0n) is 12.0. The maximum atomic E-state index is 12.3. The van der Waals surface area contributed by atoms with Crippen molar-refractivity contribution in [3.63, 3.8) is 0 Å². The van der Waals surface area contributed by atoms with E-state index in [1.54, 1.807) is 24.3 Å². The number of ketones is 1. The van der Waals surface area contributed by atoms with E-state index >= 15 is 0 Å². The predicted octanol–water partition coefficient (Wildman–Crippen LogP) is 4.38. The van der Waals surface area contributed by atoms with E-state index in [9.17, 15) is 4.79 Å². The van der Waals surface area contributed by atoms with Gasteiger partial charge in [-0.3, -0.25) is 4.79 Å². The molecule has 2 rings (SSSR count). The minimum absolute atomic E-state index is 0.0604. The van der Waals surface area contributed by atoms with Crippen LogP contribution in [0.5, 0.6) is 0 Å². The second-order valence-electron chi connectivity index (χ2n) is 4.80. The lowest BCUT2D eigenvalue weighted by Crippen LogP contribution is -2.13. The van der Waals surface area contributed by atoms with Gasteiger partial charge in [0, 0.05) is 16.6 Å². The van der Waals surface area contributed by atoms with Crippen LogP contribution in [0.15, 0.2) is 28.6 Å². The van der Waals surface area contributed by atoms with E-state index in [-0.39, 0.29) is 11.0 Å². The average molecular weight is 342 g/mol. The van der Waals surface area contributed by atoms with E-state index in [1.165, 1.54) is 23.1 Å². The zero-order valence-corrected chi connectivity index (χ0v) is 14.4. The Kier molecular flexibility index (Phi) is 5.61. The topological polar surface area (TPSA) is 54.9 Å². The van der Waals surface area contributed by atoms with Crippen molar-refractivity contribution in [2.45, 2.75) is 36.4 Å². The van der Waals surface area contributed by atoms with E-state index < -0.39 is 0 Å². The molecule has 112 valence electrons. The summed E-state index contributed by atoms with van der Waals surface area (Å²) in [5, 5.41) is 12.5. The number of nitrogens with one attached hydrogen (secondary N) is 1. The molecule has 1 atom stereocenters. The van der Waals surface area contributed by atoms with Gasteiger partial charge in [0.1, 0.15) is 0 Å². The van der Waals surface area contributed by atoms with Crippen LogP contribution in [0.4, 0.5) is 5.13 Å². The lowest BCUT2D eigenvalue weighted by Gasteiger charge is -2.08. The van der Waals surface area contributed by atoms with Crippen LogP contribution in [0, 0.1) is 0 Å². The molecule has 1 heterocycles. The number of carbonyl (C=O) groups is 1. The second kappa shape index (κ2) is 7.24. The third kappa shape index (κ3) is 4.69. The van der Waals surface area contributed by atoms with E-state index in [1.807, 2.05) is 20.8 Å². The fourth-order valence-electron chi connectivity index (χ4n) is 1.62. The van der Waals surface area contributed by atoms with Crippen LogP contribution in [0.1, 0.15) is 31.1 Å². The standard InChI is InChI=1S/C14H16ClN3OS2/c1-8(2)16-13-17-18-14(21-13)20-9(3)12(19)10-4-6-11(15)7-5-10/h4-9H,1-3H3,(H,16,17). The first kappa shape index (κ1) is 16.3. The molecule has 1 aromatic carbocycles. The SMILES string of the molecule is CC(C)Nc1nnc(SC(C)C(=O)c2ccc(Cl)cc2)s1. The minimum atomic E-state index is -0.217. The molecule has 0 spiro atoms. The molecule has 0 saturated heterocycles. The highest BCUT2D eigenvalue weighted by Crippen LogP contribution is 2.30. The quantitative estimate of drug-likeness (QED) is 0.624. The summed E-state index contributed by atoms with van der Waals surface area (Å²) in [5.74, 6) is 0.0604. The van der Waals surface area contributed by atoms with Crippen molar-refractivity contribution in [3.05, 3.63) is 34.9 Å². The lowest BCUT2D eigenvalue weighted by molar-refractivity contribution is 0.0994. The molecular formula is C14H16ClN3OS2. The number of anilines is 1. The van der Waals surface area contributed by atoms with Gasteiger partial charge >= 0.3 is 0 Å². The van der Waals surface area contributed by atoms with Gasteiger partial charge in [-0.05, 0) is 45.0 Å². The highest BCUT2D eigenvalue weighted by Gasteiger charge is 2.18. The number of nitrogens with zero attached hydrogens (tertiary/aromatic N) is 2. The molecular weight excluding hydrogens is 326 g/mol. The Morgan fingerprint density at radius 1 is 1.24 bits per heavy atom. The maximum absolute atomic E-state index is 12.3. The summed E-state index contributed by atoms with van der Waals surface area (Å²) >= 11 is 8.71. The Morgan fingerprint density at radius 3 is 2.52 bits per heavy atom. The number of carbonyl (C=O) groups excluding carboxylic acids is 1. The molecule has 21 heavy (non-hydrogen) atoms. The molecule has 0 saturated carbocycles. The van der Waals surface area contributed by atoms with Crippen molar-refractivity contribution in [2.75, 3.05) is 5.32 Å². The van der Waals surface area contributed by atoms with Crippen molar-refractivity contribution in [1.82, 2.24) is 10.2 Å². The molecule has 0 radical (unpaired) electrons. The van der Waals surface area contributed by atoms with Crippen LogP contribution in [0.25, 0.3) is 0 Å². The summed E-state index contributed by atoms with van der Waals surface area (Å²) in [4.78, 5) is 12.3. The number of halogens is 1. The van der Waals surface area contributed by atoms with Crippen molar-refractivity contribution in [3.8, 4) is 0 Å². The fourth-order valence-corrected chi connectivity index (χ4v) is 3.86. The van der Waals surface area contributed by atoms with Gasteiger partial charge in [-0.1, -0.05) is 34.7 Å². The number of thioether (sulfide) groups is 1. The Morgan fingerprint density at radius 2 is 1.90 bits per heavy atom. The van der Waals surface area contributed by atoms with Crippen molar-refractivity contribution >= 4 is 45.6 Å². The van der Waals surface area contributed by atoms with Crippen LogP contribution < -0.4 is 5.32 Å². The molecule has 0 aliphatic carbocycles. The Balaban J connectivity index is 2.00. The highest BCUT2D eigenvalue weighted by molar-refractivity contribution is 8.02. The minimum Gasteiger partial charge on any atom is -0.358 e. The van der Waals surface area contributed by atoms with Crippen molar-refractivity contribution in [1.29, 1.82) is 0 Å². The van der Waals surface area contributed by atoms with Gasteiger partial charge < -0.3 is 5.32 Å². The van der Waals surface area contributed by atoms with Gasteiger partial charge in [0.05, 0.1) is 5.25 Å². The first-order chi connectivity index (χ1) is 9.95. The van der Waals surface area contributed by atoms with E-state index in [0.717, 1.165) is 9.47 Å². The molecule has 0 fully saturated rings. The Labute approximate surface area is 137 Å². The Bertz CT molecular complexity index is 613. The molecule has 1 aromatic heterocycles. The molecule has 4 nitrogen and oxygen atoms in total. The van der Waals surface area contributed by atoms with Gasteiger partial charge in [0.25, 0.3) is 0 Å². The van der Waals surface area contributed by atoms with Crippen LogP contribution >= 0.6 is 34.7 Å². The van der Waals surface area contributed by atoms with Crippen LogP contribution in [-0.2, 0) is 0 Å². The van der Waals surface area contributed by atoms with Crippen molar-refractivity contribution in [2.24, 2.45) is 0 Å². The average Bonchev–Trinajstić information content (AvgIpc) is 2.85. The van der Waals surface area contributed by atoms with Crippen LogP contribution in [0.2, 0.25) is 5.02 Å². The summed E-state index contributed by atoms with van der Waals surface area (Å²) in [7, 11) is 0. The molecule has 1 unspecified atom stereocenters. The molecule has 2 aromatic rings. The predicted molar refractivity (Wildman–Crippen MR) is 89.8 cm³/mol. The van der Waals surface area contributed by atoms with Gasteiger partial charge in [-0.2, -0.15) is 0 Å². The summed E-state index contributed by atoms with van der Waals surface area (Å²) in [6.45, 7) is 5.96. The molecule has 0 aliphatic heterocycles. The third-order valence-corrected chi connectivity index (χ3v) is 4.88.